The van der Waals surface area contributed by atoms with Crippen LogP contribution in [0.25, 0.3) is 0 Å². The van der Waals surface area contributed by atoms with Crippen molar-refractivity contribution in [2.24, 2.45) is 0 Å². The van der Waals surface area contributed by atoms with E-state index in [1.165, 1.54) is 25.7 Å². The highest BCUT2D eigenvalue weighted by Crippen LogP contribution is 2.20. The van der Waals surface area contributed by atoms with Crippen molar-refractivity contribution in [3.63, 3.8) is 0 Å². The first kappa shape index (κ1) is 14.4. The summed E-state index contributed by atoms with van der Waals surface area (Å²) in [5.74, 6) is 0.866. The maximum absolute atomic E-state index is 5.84. The van der Waals surface area contributed by atoms with Crippen LogP contribution in [0.15, 0.2) is 0 Å². The van der Waals surface area contributed by atoms with Crippen LogP contribution in [-0.4, -0.2) is 38.5 Å². The number of hydrogen-bond acceptors (Lipinski definition) is 5. The number of hydrogen-bond donors (Lipinski definition) is 1. The largest absolute Gasteiger partial charge is 0.376 e. The molecule has 0 amide bonds. The minimum absolute atomic E-state index is 0.0666. The molecule has 1 aromatic rings. The van der Waals surface area contributed by atoms with Crippen LogP contribution in [0.5, 0.6) is 0 Å². The van der Waals surface area contributed by atoms with Crippen molar-refractivity contribution < 1.29 is 4.74 Å². The maximum Gasteiger partial charge on any atom is 0.165 e. The predicted octanol–water partition coefficient (Wildman–Crippen LogP) is 1.52. The van der Waals surface area contributed by atoms with Gasteiger partial charge in [0.25, 0.3) is 0 Å². The third-order valence-electron chi connectivity index (χ3n) is 3.34. The first-order valence-electron chi connectivity index (χ1n) is 7.16. The van der Waals surface area contributed by atoms with Gasteiger partial charge in [-0.3, -0.25) is 0 Å². The van der Waals surface area contributed by atoms with Gasteiger partial charge in [0.1, 0.15) is 0 Å². The average molecular weight is 267 g/mol. The summed E-state index contributed by atoms with van der Waals surface area (Å²) in [5, 5.41) is 15.2. The van der Waals surface area contributed by atoms with Gasteiger partial charge in [-0.05, 0) is 44.0 Å². The molecule has 1 aliphatic carbocycles. The summed E-state index contributed by atoms with van der Waals surface area (Å²) in [7, 11) is 0. The molecule has 6 heteroatoms. The molecule has 1 heterocycles. The zero-order valence-corrected chi connectivity index (χ0v) is 12.2. The van der Waals surface area contributed by atoms with Gasteiger partial charge in [-0.15, -0.1) is 5.10 Å². The Hall–Kier alpha value is -1.01. The lowest BCUT2D eigenvalue weighted by Gasteiger charge is -2.20. The molecular formula is C13H25N5O. The molecule has 108 valence electrons. The molecule has 1 N–H and O–H groups in total. The Morgan fingerprint density at radius 2 is 2.05 bits per heavy atom. The molecule has 0 spiro atoms. The molecule has 0 aromatic carbocycles. The molecule has 6 nitrogen and oxygen atoms in total. The Bertz CT molecular complexity index is 379. The highest BCUT2D eigenvalue weighted by Gasteiger charge is 2.16. The lowest BCUT2D eigenvalue weighted by atomic mass is 10.1. The number of nitrogens with zero attached hydrogens (tertiary/aromatic N) is 4. The van der Waals surface area contributed by atoms with E-state index >= 15 is 0 Å². The molecular weight excluding hydrogens is 242 g/mol. The molecule has 1 aromatic heterocycles. The van der Waals surface area contributed by atoms with E-state index in [1.807, 2.05) is 4.68 Å². The molecule has 0 aliphatic heterocycles. The second kappa shape index (κ2) is 6.43. The summed E-state index contributed by atoms with van der Waals surface area (Å²) in [4.78, 5) is 0. The molecule has 19 heavy (non-hydrogen) atoms. The Kier molecular flexibility index (Phi) is 4.87. The number of tetrazole rings is 1. The van der Waals surface area contributed by atoms with Gasteiger partial charge < -0.3 is 10.1 Å². The lowest BCUT2D eigenvalue weighted by molar-refractivity contribution is 0.0507. The van der Waals surface area contributed by atoms with E-state index in [-0.39, 0.29) is 5.54 Å². The fraction of sp³-hybridized carbons (Fsp3) is 0.923. The zero-order valence-electron chi connectivity index (χ0n) is 12.2. The second-order valence-corrected chi connectivity index (χ2v) is 6.20. The third-order valence-corrected chi connectivity index (χ3v) is 3.34. The molecule has 0 saturated heterocycles. The van der Waals surface area contributed by atoms with Crippen LogP contribution < -0.4 is 5.32 Å². The van der Waals surface area contributed by atoms with Crippen LogP contribution in [0.4, 0.5) is 0 Å². The van der Waals surface area contributed by atoms with Crippen LogP contribution >= 0.6 is 0 Å². The van der Waals surface area contributed by atoms with E-state index in [2.05, 4.69) is 41.6 Å². The van der Waals surface area contributed by atoms with E-state index in [4.69, 9.17) is 4.74 Å². The van der Waals surface area contributed by atoms with Gasteiger partial charge in [0.15, 0.2) is 5.82 Å². The van der Waals surface area contributed by atoms with E-state index in [9.17, 15) is 0 Å². The van der Waals surface area contributed by atoms with Crippen LogP contribution in [0, 0.1) is 0 Å². The SMILES string of the molecule is CC(C)(C)NCc1nnnn1CCOC1CCCC1. The Labute approximate surface area is 114 Å². The number of rotatable bonds is 6. The molecule has 0 unspecified atom stereocenters. The fourth-order valence-corrected chi connectivity index (χ4v) is 2.23. The number of aromatic nitrogens is 4. The monoisotopic (exact) mass is 267 g/mol. The van der Waals surface area contributed by atoms with Crippen molar-refractivity contribution in [2.45, 2.75) is 71.2 Å². The molecule has 0 radical (unpaired) electrons. The minimum atomic E-state index is 0.0666. The van der Waals surface area contributed by atoms with E-state index in [0.717, 1.165) is 12.4 Å². The first-order chi connectivity index (χ1) is 9.04. The van der Waals surface area contributed by atoms with E-state index in [0.29, 0.717) is 19.3 Å². The van der Waals surface area contributed by atoms with Crippen molar-refractivity contribution in [1.29, 1.82) is 0 Å². The molecule has 1 fully saturated rings. The van der Waals surface area contributed by atoms with Gasteiger partial charge in [0.05, 0.1) is 25.8 Å². The first-order valence-corrected chi connectivity index (χ1v) is 7.16. The fourth-order valence-electron chi connectivity index (χ4n) is 2.23. The summed E-state index contributed by atoms with van der Waals surface area (Å²) in [6.45, 7) is 8.49. The molecule has 2 rings (SSSR count). The van der Waals surface area contributed by atoms with Gasteiger partial charge in [-0.1, -0.05) is 12.8 Å². The van der Waals surface area contributed by atoms with Crippen molar-refractivity contribution in [1.82, 2.24) is 25.5 Å². The van der Waals surface area contributed by atoms with Crippen LogP contribution in [0.3, 0.4) is 0 Å². The quantitative estimate of drug-likeness (QED) is 0.846. The smallest absolute Gasteiger partial charge is 0.165 e. The summed E-state index contributed by atoms with van der Waals surface area (Å²) in [6.07, 6.45) is 5.46. The maximum atomic E-state index is 5.84. The van der Waals surface area contributed by atoms with Gasteiger partial charge in [0.2, 0.25) is 0 Å². The number of ether oxygens (including phenoxy) is 1. The van der Waals surface area contributed by atoms with Crippen LogP contribution in [0.2, 0.25) is 0 Å². The van der Waals surface area contributed by atoms with Crippen molar-refractivity contribution in [2.75, 3.05) is 6.61 Å². The normalized spacial score (nSPS) is 17.2. The summed E-state index contributed by atoms with van der Waals surface area (Å²) in [5.41, 5.74) is 0.0666. The molecule has 1 aliphatic rings. The van der Waals surface area contributed by atoms with E-state index in [1.54, 1.807) is 0 Å². The minimum Gasteiger partial charge on any atom is -0.376 e. The van der Waals surface area contributed by atoms with Gasteiger partial charge in [0, 0.05) is 5.54 Å². The van der Waals surface area contributed by atoms with Crippen molar-refractivity contribution >= 4 is 0 Å². The molecule has 0 atom stereocenters. The summed E-state index contributed by atoms with van der Waals surface area (Å²) < 4.78 is 7.67. The zero-order chi connectivity index (χ0) is 13.7. The second-order valence-electron chi connectivity index (χ2n) is 6.20. The van der Waals surface area contributed by atoms with Gasteiger partial charge >= 0.3 is 0 Å². The van der Waals surface area contributed by atoms with Gasteiger partial charge in [-0.2, -0.15) is 0 Å². The molecule has 1 saturated carbocycles. The summed E-state index contributed by atoms with van der Waals surface area (Å²) in [6, 6.07) is 0. The van der Waals surface area contributed by atoms with Gasteiger partial charge in [-0.25, -0.2) is 4.68 Å². The topological polar surface area (TPSA) is 64.9 Å². The Morgan fingerprint density at radius 3 is 2.74 bits per heavy atom. The third kappa shape index (κ3) is 4.87. The van der Waals surface area contributed by atoms with Crippen LogP contribution in [-0.2, 0) is 17.8 Å². The summed E-state index contributed by atoms with van der Waals surface area (Å²) >= 11 is 0. The van der Waals surface area contributed by atoms with Crippen LogP contribution in [0.1, 0.15) is 52.3 Å². The van der Waals surface area contributed by atoms with Crippen molar-refractivity contribution in [3.8, 4) is 0 Å². The standard InChI is InChI=1S/C13H25N5O/c1-13(2,3)14-10-12-15-16-17-18(12)8-9-19-11-6-4-5-7-11/h11,14H,4-10H2,1-3H3. The Morgan fingerprint density at radius 1 is 1.32 bits per heavy atom. The average Bonchev–Trinajstić information content (AvgIpc) is 2.96. The Balaban J connectivity index is 1.75. The van der Waals surface area contributed by atoms with E-state index < -0.39 is 0 Å². The predicted molar refractivity (Wildman–Crippen MR) is 72.6 cm³/mol. The number of nitrogens with one attached hydrogen (secondary N) is 1. The lowest BCUT2D eigenvalue weighted by Crippen LogP contribution is -2.36. The molecule has 0 bridgehead atoms. The highest BCUT2D eigenvalue weighted by atomic mass is 16.5. The van der Waals surface area contributed by atoms with Crippen molar-refractivity contribution in [3.05, 3.63) is 5.82 Å². The highest BCUT2D eigenvalue weighted by molar-refractivity contribution is 4.83.